The molecule has 1 aromatic carbocycles. The Kier molecular flexibility index (Phi) is 7.18. The van der Waals surface area contributed by atoms with Gasteiger partial charge in [-0.3, -0.25) is 0 Å². The molecule has 0 fully saturated rings. The zero-order valence-corrected chi connectivity index (χ0v) is 10.1. The Morgan fingerprint density at radius 1 is 1.06 bits per heavy atom. The number of hydrogen-bond donors (Lipinski definition) is 2. The Morgan fingerprint density at radius 2 is 1.71 bits per heavy atom. The highest BCUT2D eigenvalue weighted by Crippen LogP contribution is 2.23. The number of benzene rings is 1. The van der Waals surface area contributed by atoms with E-state index in [4.69, 9.17) is 11.5 Å². The normalized spacial score (nSPS) is 12.1. The molecule has 0 unspecified atom stereocenters. The van der Waals surface area contributed by atoms with Gasteiger partial charge >= 0.3 is 0 Å². The largest absolute Gasteiger partial charge is 0.330 e. The van der Waals surface area contributed by atoms with Crippen LogP contribution in [0.1, 0.15) is 30.9 Å². The van der Waals surface area contributed by atoms with Crippen LogP contribution in [0.2, 0.25) is 0 Å². The molecule has 0 aliphatic carbocycles. The summed E-state index contributed by atoms with van der Waals surface area (Å²) in [5.74, 6) is -3.86. The molecule has 0 radical (unpaired) electrons. The van der Waals surface area contributed by atoms with Crippen molar-refractivity contribution >= 4 is 12.4 Å². The van der Waals surface area contributed by atoms with Gasteiger partial charge in [-0.15, -0.1) is 12.4 Å². The first-order valence-corrected chi connectivity index (χ1v) is 5.17. The van der Waals surface area contributed by atoms with Gasteiger partial charge in [-0.25, -0.2) is 13.2 Å². The first kappa shape index (κ1) is 16.2. The highest BCUT2D eigenvalue weighted by Gasteiger charge is 2.17. The van der Waals surface area contributed by atoms with Gasteiger partial charge in [-0.2, -0.15) is 0 Å². The Balaban J connectivity index is 0.00000256. The summed E-state index contributed by atoms with van der Waals surface area (Å²) in [4.78, 5) is 0. The van der Waals surface area contributed by atoms with Crippen LogP contribution in [0, 0.1) is 17.5 Å². The molecule has 1 rings (SSSR count). The van der Waals surface area contributed by atoms with Crippen LogP contribution in [-0.4, -0.2) is 6.54 Å². The lowest BCUT2D eigenvalue weighted by atomic mass is 10.0. The van der Waals surface area contributed by atoms with Crippen LogP contribution in [0.25, 0.3) is 0 Å². The van der Waals surface area contributed by atoms with E-state index in [0.29, 0.717) is 13.0 Å². The Morgan fingerprint density at radius 3 is 2.29 bits per heavy atom. The first-order valence-electron chi connectivity index (χ1n) is 5.17. The van der Waals surface area contributed by atoms with Gasteiger partial charge in [0.1, 0.15) is 0 Å². The standard InChI is InChI=1S/C11H15F3N2.ClH/c12-8-5-4-7(10(13)11(8)14)9(16)3-1-2-6-15;/h4-5,9H,1-3,6,15-16H2;1H/t9-;/m1./s1. The van der Waals surface area contributed by atoms with Crippen molar-refractivity contribution in [1.82, 2.24) is 0 Å². The van der Waals surface area contributed by atoms with Crippen LogP contribution >= 0.6 is 12.4 Å². The molecule has 17 heavy (non-hydrogen) atoms. The van der Waals surface area contributed by atoms with E-state index in [9.17, 15) is 13.2 Å². The van der Waals surface area contributed by atoms with Gasteiger partial charge in [-0.1, -0.05) is 12.5 Å². The molecule has 0 heterocycles. The second kappa shape index (κ2) is 7.53. The molecular formula is C11H16ClF3N2. The van der Waals surface area contributed by atoms with E-state index in [0.717, 1.165) is 18.9 Å². The lowest BCUT2D eigenvalue weighted by Crippen LogP contribution is -2.14. The molecule has 1 aromatic rings. The molecule has 0 aliphatic heterocycles. The van der Waals surface area contributed by atoms with E-state index in [1.807, 2.05) is 0 Å². The maximum absolute atomic E-state index is 13.3. The maximum atomic E-state index is 13.3. The minimum Gasteiger partial charge on any atom is -0.330 e. The Bertz CT molecular complexity index is 361. The predicted octanol–water partition coefficient (Wildman–Crippen LogP) is 2.65. The molecular weight excluding hydrogens is 253 g/mol. The summed E-state index contributed by atoms with van der Waals surface area (Å²) >= 11 is 0. The third-order valence-corrected chi connectivity index (χ3v) is 2.43. The van der Waals surface area contributed by atoms with Crippen molar-refractivity contribution in [2.75, 3.05) is 6.54 Å². The van der Waals surface area contributed by atoms with Gasteiger partial charge in [0.25, 0.3) is 0 Å². The summed E-state index contributed by atoms with van der Waals surface area (Å²) < 4.78 is 38.9. The molecule has 0 saturated carbocycles. The van der Waals surface area contributed by atoms with Gasteiger partial charge in [0, 0.05) is 11.6 Å². The van der Waals surface area contributed by atoms with E-state index in [2.05, 4.69) is 0 Å². The molecule has 0 saturated heterocycles. The smallest absolute Gasteiger partial charge is 0.194 e. The van der Waals surface area contributed by atoms with Gasteiger partial charge < -0.3 is 11.5 Å². The topological polar surface area (TPSA) is 52.0 Å². The van der Waals surface area contributed by atoms with Crippen molar-refractivity contribution < 1.29 is 13.2 Å². The van der Waals surface area contributed by atoms with Gasteiger partial charge in [-0.05, 0) is 25.5 Å². The molecule has 0 spiro atoms. The number of nitrogens with two attached hydrogens (primary N) is 2. The monoisotopic (exact) mass is 268 g/mol. The van der Waals surface area contributed by atoms with Crippen LogP contribution in [-0.2, 0) is 0 Å². The molecule has 0 amide bonds. The van der Waals surface area contributed by atoms with Gasteiger partial charge in [0.15, 0.2) is 17.5 Å². The molecule has 4 N–H and O–H groups in total. The van der Waals surface area contributed by atoms with Crippen LogP contribution in [0.5, 0.6) is 0 Å². The Hall–Kier alpha value is -0.780. The van der Waals surface area contributed by atoms with E-state index in [-0.39, 0.29) is 18.0 Å². The van der Waals surface area contributed by atoms with Crippen molar-refractivity contribution in [3.63, 3.8) is 0 Å². The summed E-state index contributed by atoms with van der Waals surface area (Å²) in [6.45, 7) is 0.535. The number of halogens is 4. The van der Waals surface area contributed by atoms with Crippen molar-refractivity contribution in [3.05, 3.63) is 35.1 Å². The Labute approximate surface area is 105 Å². The second-order valence-corrected chi connectivity index (χ2v) is 3.66. The van der Waals surface area contributed by atoms with Gasteiger partial charge in [0.05, 0.1) is 0 Å². The van der Waals surface area contributed by atoms with Gasteiger partial charge in [0.2, 0.25) is 0 Å². The SMILES string of the molecule is Cl.NCCCC[C@@H](N)c1ccc(F)c(F)c1F. The fourth-order valence-corrected chi connectivity index (χ4v) is 1.49. The lowest BCUT2D eigenvalue weighted by Gasteiger charge is -2.13. The zero-order valence-electron chi connectivity index (χ0n) is 9.26. The maximum Gasteiger partial charge on any atom is 0.194 e. The van der Waals surface area contributed by atoms with E-state index >= 15 is 0 Å². The van der Waals surface area contributed by atoms with Crippen LogP contribution in [0.15, 0.2) is 12.1 Å². The first-order chi connectivity index (χ1) is 7.57. The molecule has 0 aliphatic rings. The fraction of sp³-hybridized carbons (Fsp3) is 0.455. The van der Waals surface area contributed by atoms with Crippen molar-refractivity contribution in [3.8, 4) is 0 Å². The quantitative estimate of drug-likeness (QED) is 0.637. The van der Waals surface area contributed by atoms with Crippen LogP contribution in [0.4, 0.5) is 13.2 Å². The summed E-state index contributed by atoms with van der Waals surface area (Å²) in [6.07, 6.45) is 2.01. The van der Waals surface area contributed by atoms with Crippen LogP contribution in [0.3, 0.4) is 0 Å². The molecule has 0 aromatic heterocycles. The summed E-state index contributed by atoms with van der Waals surface area (Å²) in [5, 5.41) is 0. The molecule has 98 valence electrons. The van der Waals surface area contributed by atoms with Crippen molar-refractivity contribution in [1.29, 1.82) is 0 Å². The highest BCUT2D eigenvalue weighted by atomic mass is 35.5. The van der Waals surface area contributed by atoms with Crippen LogP contribution < -0.4 is 11.5 Å². The van der Waals surface area contributed by atoms with E-state index < -0.39 is 23.5 Å². The third-order valence-electron chi connectivity index (χ3n) is 2.43. The average Bonchev–Trinajstić information content (AvgIpc) is 2.26. The highest BCUT2D eigenvalue weighted by molar-refractivity contribution is 5.85. The average molecular weight is 269 g/mol. The second-order valence-electron chi connectivity index (χ2n) is 3.66. The minimum atomic E-state index is -1.47. The number of unbranched alkanes of at least 4 members (excludes halogenated alkanes) is 1. The summed E-state index contributed by atoms with van der Waals surface area (Å²) in [6, 6.07) is 1.44. The predicted molar refractivity (Wildman–Crippen MR) is 63.4 cm³/mol. The minimum absolute atomic E-state index is 0. The van der Waals surface area contributed by atoms with E-state index in [1.165, 1.54) is 6.07 Å². The summed E-state index contributed by atoms with van der Waals surface area (Å²) in [7, 11) is 0. The molecule has 0 bridgehead atoms. The number of hydrogen-bond acceptors (Lipinski definition) is 2. The van der Waals surface area contributed by atoms with Crippen molar-refractivity contribution in [2.45, 2.75) is 25.3 Å². The van der Waals surface area contributed by atoms with Crippen molar-refractivity contribution in [2.24, 2.45) is 11.5 Å². The third kappa shape index (κ3) is 4.18. The summed E-state index contributed by atoms with van der Waals surface area (Å²) in [5.41, 5.74) is 11.0. The number of rotatable bonds is 5. The lowest BCUT2D eigenvalue weighted by molar-refractivity contribution is 0.431. The molecule has 6 heteroatoms. The molecule has 2 nitrogen and oxygen atoms in total. The zero-order chi connectivity index (χ0) is 12.1. The van der Waals surface area contributed by atoms with E-state index in [1.54, 1.807) is 0 Å². The molecule has 1 atom stereocenters. The fourth-order valence-electron chi connectivity index (χ4n) is 1.49.